The van der Waals surface area contributed by atoms with Crippen molar-refractivity contribution in [1.29, 1.82) is 0 Å². The zero-order valence-corrected chi connectivity index (χ0v) is 15.8. The predicted molar refractivity (Wildman–Crippen MR) is 107 cm³/mol. The van der Waals surface area contributed by atoms with Gasteiger partial charge in [-0.1, -0.05) is 24.3 Å². The first-order valence-corrected chi connectivity index (χ1v) is 9.43. The molecular weight excluding hydrogens is 369 g/mol. The molecule has 1 atom stereocenters. The second kappa shape index (κ2) is 6.81. The van der Waals surface area contributed by atoms with E-state index in [-0.39, 0.29) is 17.5 Å². The van der Waals surface area contributed by atoms with Crippen molar-refractivity contribution >= 4 is 11.4 Å². The van der Waals surface area contributed by atoms with E-state index in [0.29, 0.717) is 24.1 Å². The van der Waals surface area contributed by atoms with E-state index in [4.69, 9.17) is 9.72 Å². The second-order valence-electron chi connectivity index (χ2n) is 7.24. The minimum Gasteiger partial charge on any atom is -0.497 e. The third-order valence-corrected chi connectivity index (χ3v) is 5.49. The molecule has 1 unspecified atom stereocenters. The molecule has 0 bridgehead atoms. The zero-order valence-electron chi connectivity index (χ0n) is 15.8. The highest BCUT2D eigenvalue weighted by molar-refractivity contribution is 5.99. The van der Waals surface area contributed by atoms with Gasteiger partial charge in [-0.2, -0.15) is 5.10 Å². The summed E-state index contributed by atoms with van der Waals surface area (Å²) >= 11 is 0. The standard InChI is InChI=1S/C23H18FN3O2/c1-29-18-8-4-14(5-9-18)16-10-21-20(22(28)11-16)13-27-23(26-21)19(12-25-27)15-2-6-17(24)7-3-15/h2-9,12-13,16H,10-11H2,1H3. The molecule has 0 saturated heterocycles. The number of carbonyl (C=O) groups is 1. The summed E-state index contributed by atoms with van der Waals surface area (Å²) in [5.74, 6) is 0.649. The summed E-state index contributed by atoms with van der Waals surface area (Å²) < 4.78 is 20.1. The van der Waals surface area contributed by atoms with Gasteiger partial charge in [0.1, 0.15) is 11.6 Å². The maximum Gasteiger partial charge on any atom is 0.166 e. The van der Waals surface area contributed by atoms with Crippen molar-refractivity contribution in [2.75, 3.05) is 7.11 Å². The van der Waals surface area contributed by atoms with Gasteiger partial charge in [-0.05, 0) is 47.7 Å². The van der Waals surface area contributed by atoms with Crippen molar-refractivity contribution in [3.05, 3.63) is 83.6 Å². The van der Waals surface area contributed by atoms with Crippen LogP contribution in [0.4, 0.5) is 4.39 Å². The van der Waals surface area contributed by atoms with Crippen LogP contribution in [0.5, 0.6) is 5.75 Å². The monoisotopic (exact) mass is 387 g/mol. The minimum absolute atomic E-state index is 0.0697. The number of rotatable bonds is 3. The molecule has 2 aromatic heterocycles. The topological polar surface area (TPSA) is 56.5 Å². The van der Waals surface area contributed by atoms with E-state index in [1.54, 1.807) is 36.2 Å². The van der Waals surface area contributed by atoms with E-state index in [0.717, 1.165) is 28.1 Å². The fourth-order valence-corrected chi connectivity index (χ4v) is 3.92. The Morgan fingerprint density at radius 3 is 2.52 bits per heavy atom. The first-order chi connectivity index (χ1) is 14.1. The summed E-state index contributed by atoms with van der Waals surface area (Å²) in [6, 6.07) is 14.1. The SMILES string of the molecule is COc1ccc(C2CC(=O)c3cn4ncc(-c5ccc(F)cc5)c4nc3C2)cc1. The molecule has 5 nitrogen and oxygen atoms in total. The van der Waals surface area contributed by atoms with Crippen LogP contribution in [0.1, 0.15) is 34.0 Å². The highest BCUT2D eigenvalue weighted by Crippen LogP contribution is 2.34. The number of ketones is 1. The average molecular weight is 387 g/mol. The number of ether oxygens (including phenoxy) is 1. The van der Waals surface area contributed by atoms with Gasteiger partial charge in [0.25, 0.3) is 0 Å². The summed E-state index contributed by atoms with van der Waals surface area (Å²) in [5.41, 5.74) is 4.81. The third kappa shape index (κ3) is 3.06. The van der Waals surface area contributed by atoms with Crippen LogP contribution in [0, 0.1) is 5.82 Å². The molecular formula is C23H18FN3O2. The van der Waals surface area contributed by atoms with Crippen LogP contribution in [0.25, 0.3) is 16.8 Å². The summed E-state index contributed by atoms with van der Waals surface area (Å²) in [4.78, 5) is 17.6. The van der Waals surface area contributed by atoms with Crippen LogP contribution in [-0.2, 0) is 6.42 Å². The normalized spacial score (nSPS) is 16.1. The molecule has 0 saturated carbocycles. The quantitative estimate of drug-likeness (QED) is 0.521. The van der Waals surface area contributed by atoms with Crippen LogP contribution < -0.4 is 4.74 Å². The van der Waals surface area contributed by atoms with Crippen LogP contribution in [0.2, 0.25) is 0 Å². The third-order valence-electron chi connectivity index (χ3n) is 5.49. The summed E-state index contributed by atoms with van der Waals surface area (Å²) in [5, 5.41) is 4.35. The van der Waals surface area contributed by atoms with Crippen LogP contribution in [0.3, 0.4) is 0 Å². The number of halogens is 1. The Kier molecular flexibility index (Phi) is 4.12. The maximum absolute atomic E-state index is 13.3. The van der Waals surface area contributed by atoms with E-state index in [9.17, 15) is 9.18 Å². The Morgan fingerprint density at radius 2 is 1.79 bits per heavy atom. The Bertz CT molecular complexity index is 1210. The lowest BCUT2D eigenvalue weighted by Crippen LogP contribution is -2.21. The second-order valence-corrected chi connectivity index (χ2v) is 7.24. The molecule has 4 aromatic rings. The Labute approximate surface area is 166 Å². The number of carbonyl (C=O) groups excluding carboxylic acids is 1. The number of aromatic nitrogens is 3. The van der Waals surface area contributed by atoms with Gasteiger partial charge >= 0.3 is 0 Å². The van der Waals surface area contributed by atoms with Gasteiger partial charge in [-0.3, -0.25) is 4.79 Å². The molecule has 2 heterocycles. The summed E-state index contributed by atoms with van der Waals surface area (Å²) in [7, 11) is 1.63. The molecule has 0 radical (unpaired) electrons. The lowest BCUT2D eigenvalue weighted by atomic mass is 9.82. The molecule has 0 amide bonds. The molecule has 144 valence electrons. The van der Waals surface area contributed by atoms with Gasteiger partial charge in [-0.15, -0.1) is 0 Å². The largest absolute Gasteiger partial charge is 0.497 e. The van der Waals surface area contributed by atoms with E-state index >= 15 is 0 Å². The Morgan fingerprint density at radius 1 is 1.03 bits per heavy atom. The zero-order chi connectivity index (χ0) is 20.0. The number of methoxy groups -OCH3 is 1. The predicted octanol–water partition coefficient (Wildman–Crippen LogP) is 4.46. The lowest BCUT2D eigenvalue weighted by Gasteiger charge is -2.23. The van der Waals surface area contributed by atoms with E-state index < -0.39 is 0 Å². The van der Waals surface area contributed by atoms with Crippen LogP contribution in [0.15, 0.2) is 60.9 Å². The molecule has 0 spiro atoms. The van der Waals surface area contributed by atoms with Crippen molar-refractivity contribution in [3.63, 3.8) is 0 Å². The number of Topliss-reactive ketones (excluding diaryl/α,β-unsaturated/α-hetero) is 1. The molecule has 0 fully saturated rings. The fraction of sp³-hybridized carbons (Fsp3) is 0.174. The van der Waals surface area contributed by atoms with E-state index in [1.807, 2.05) is 24.3 Å². The van der Waals surface area contributed by atoms with E-state index in [1.165, 1.54) is 12.1 Å². The molecule has 0 aliphatic heterocycles. The number of benzene rings is 2. The van der Waals surface area contributed by atoms with Gasteiger partial charge in [0, 0.05) is 18.2 Å². The van der Waals surface area contributed by atoms with Crippen molar-refractivity contribution in [3.8, 4) is 16.9 Å². The first kappa shape index (κ1) is 17.6. The summed E-state index contributed by atoms with van der Waals surface area (Å²) in [6.07, 6.45) is 4.58. The van der Waals surface area contributed by atoms with Crippen LogP contribution in [-0.4, -0.2) is 27.5 Å². The molecule has 6 heteroatoms. The summed E-state index contributed by atoms with van der Waals surface area (Å²) in [6.45, 7) is 0. The van der Waals surface area contributed by atoms with Crippen molar-refractivity contribution < 1.29 is 13.9 Å². The minimum atomic E-state index is -0.288. The highest BCUT2D eigenvalue weighted by Gasteiger charge is 2.28. The molecule has 1 aliphatic carbocycles. The van der Waals surface area contributed by atoms with Gasteiger partial charge in [0.2, 0.25) is 0 Å². The van der Waals surface area contributed by atoms with Crippen molar-refractivity contribution in [1.82, 2.24) is 14.6 Å². The average Bonchev–Trinajstić information content (AvgIpc) is 3.16. The van der Waals surface area contributed by atoms with Crippen LogP contribution >= 0.6 is 0 Å². The van der Waals surface area contributed by atoms with Crippen molar-refractivity contribution in [2.24, 2.45) is 0 Å². The first-order valence-electron chi connectivity index (χ1n) is 9.43. The smallest absolute Gasteiger partial charge is 0.166 e. The maximum atomic E-state index is 13.3. The lowest BCUT2D eigenvalue weighted by molar-refractivity contribution is 0.0962. The number of nitrogens with zero attached hydrogens (tertiary/aromatic N) is 3. The molecule has 1 aliphatic rings. The molecule has 0 N–H and O–H groups in total. The highest BCUT2D eigenvalue weighted by atomic mass is 19.1. The Hall–Kier alpha value is -3.54. The van der Waals surface area contributed by atoms with Crippen molar-refractivity contribution in [2.45, 2.75) is 18.8 Å². The number of hydrogen-bond acceptors (Lipinski definition) is 4. The Balaban J connectivity index is 1.55. The van der Waals surface area contributed by atoms with Gasteiger partial charge < -0.3 is 4.74 Å². The number of fused-ring (bicyclic) bond motifs is 2. The molecule has 29 heavy (non-hydrogen) atoms. The molecule has 5 rings (SSSR count). The van der Waals surface area contributed by atoms with Gasteiger partial charge in [0.15, 0.2) is 11.4 Å². The fourth-order valence-electron chi connectivity index (χ4n) is 3.92. The molecule has 2 aromatic carbocycles. The van der Waals surface area contributed by atoms with Gasteiger partial charge in [0.05, 0.1) is 24.6 Å². The van der Waals surface area contributed by atoms with Gasteiger partial charge in [-0.25, -0.2) is 13.9 Å². The number of hydrogen-bond donors (Lipinski definition) is 0. The van der Waals surface area contributed by atoms with E-state index in [2.05, 4.69) is 5.10 Å².